The van der Waals surface area contributed by atoms with E-state index in [2.05, 4.69) is 25.0 Å². The summed E-state index contributed by atoms with van der Waals surface area (Å²) in [5.74, 6) is 0. The van der Waals surface area contributed by atoms with Crippen molar-refractivity contribution in [2.24, 2.45) is 5.73 Å². The molecule has 1 aliphatic carbocycles. The van der Waals surface area contributed by atoms with Crippen LogP contribution in [0.25, 0.3) is 6.08 Å². The minimum atomic E-state index is -0.647. The highest BCUT2D eigenvalue weighted by Gasteiger charge is 2.39. The van der Waals surface area contributed by atoms with Crippen molar-refractivity contribution in [3.8, 4) is 0 Å². The third-order valence-electron chi connectivity index (χ3n) is 4.18. The van der Waals surface area contributed by atoms with E-state index in [1.165, 1.54) is 17.3 Å². The van der Waals surface area contributed by atoms with Crippen LogP contribution in [0.4, 0.5) is 4.79 Å². The first-order valence-electron chi connectivity index (χ1n) is 7.30. The van der Waals surface area contributed by atoms with Gasteiger partial charge in [-0.05, 0) is 12.1 Å². The minimum Gasteiger partial charge on any atom is -0.350 e. The Hall–Kier alpha value is -3.42. The highest BCUT2D eigenvalue weighted by atomic mass is 16.2. The van der Waals surface area contributed by atoms with Crippen LogP contribution in [-0.4, -0.2) is 35.7 Å². The zero-order chi connectivity index (χ0) is 16.6. The first-order chi connectivity index (χ1) is 11.7. The molecule has 1 amide bonds. The molecule has 4 rings (SSSR count). The number of hydrogen-bond acceptors (Lipinski definition) is 6. The number of fused-ring (bicyclic) bond motifs is 1. The van der Waals surface area contributed by atoms with Gasteiger partial charge in [-0.2, -0.15) is 9.78 Å². The molecule has 3 aromatic rings. The van der Waals surface area contributed by atoms with Crippen molar-refractivity contribution >= 4 is 12.1 Å². The highest BCUT2D eigenvalue weighted by molar-refractivity contribution is 5.76. The van der Waals surface area contributed by atoms with E-state index in [0.29, 0.717) is 6.42 Å². The molecule has 3 aromatic heterocycles. The topological polar surface area (TPSA) is 112 Å². The average Bonchev–Trinajstić information content (AvgIpc) is 3.06. The molecule has 8 nitrogen and oxygen atoms in total. The third kappa shape index (κ3) is 2.08. The van der Waals surface area contributed by atoms with Crippen LogP contribution in [0.1, 0.15) is 22.6 Å². The summed E-state index contributed by atoms with van der Waals surface area (Å²) in [6.07, 6.45) is 12.4. The van der Waals surface area contributed by atoms with E-state index in [1.54, 1.807) is 18.6 Å². The number of amides is 1. The fourth-order valence-corrected chi connectivity index (χ4v) is 3.04. The summed E-state index contributed by atoms with van der Waals surface area (Å²) in [7, 11) is 0. The SMILES string of the molecule is NC(=O)n1ncc2c1CC(c1ccncn1)(c1ccncn1)C=C2. The van der Waals surface area contributed by atoms with Gasteiger partial charge in [0.1, 0.15) is 12.7 Å². The lowest BCUT2D eigenvalue weighted by atomic mass is 9.73. The van der Waals surface area contributed by atoms with Gasteiger partial charge in [0.05, 0.1) is 28.7 Å². The molecule has 0 bridgehead atoms. The van der Waals surface area contributed by atoms with Crippen LogP contribution < -0.4 is 5.73 Å². The Kier molecular flexibility index (Phi) is 3.16. The predicted molar refractivity (Wildman–Crippen MR) is 84.8 cm³/mol. The maximum atomic E-state index is 11.7. The maximum absolute atomic E-state index is 11.7. The van der Waals surface area contributed by atoms with Gasteiger partial charge in [0, 0.05) is 24.4 Å². The molecule has 0 aliphatic heterocycles. The van der Waals surface area contributed by atoms with E-state index < -0.39 is 11.4 Å². The van der Waals surface area contributed by atoms with Crippen LogP contribution in [0.3, 0.4) is 0 Å². The van der Waals surface area contributed by atoms with Gasteiger partial charge in [-0.15, -0.1) is 0 Å². The summed E-state index contributed by atoms with van der Waals surface area (Å²) in [4.78, 5) is 28.5. The number of primary amides is 1. The van der Waals surface area contributed by atoms with Crippen LogP contribution in [0.2, 0.25) is 0 Å². The zero-order valence-electron chi connectivity index (χ0n) is 12.6. The molecule has 8 heteroatoms. The van der Waals surface area contributed by atoms with Gasteiger partial charge in [0.25, 0.3) is 0 Å². The lowest BCUT2D eigenvalue weighted by molar-refractivity contribution is 0.246. The van der Waals surface area contributed by atoms with Crippen molar-refractivity contribution in [3.05, 3.63) is 72.1 Å². The van der Waals surface area contributed by atoms with Gasteiger partial charge >= 0.3 is 6.03 Å². The number of carbonyl (C=O) groups is 1. The molecule has 3 heterocycles. The molecule has 0 saturated carbocycles. The van der Waals surface area contributed by atoms with Crippen molar-refractivity contribution in [2.75, 3.05) is 0 Å². The predicted octanol–water partition coefficient (Wildman–Crippen LogP) is 0.945. The van der Waals surface area contributed by atoms with Crippen LogP contribution >= 0.6 is 0 Å². The monoisotopic (exact) mass is 319 g/mol. The summed E-state index contributed by atoms with van der Waals surface area (Å²) in [6.45, 7) is 0. The van der Waals surface area contributed by atoms with E-state index in [9.17, 15) is 4.79 Å². The van der Waals surface area contributed by atoms with Crippen molar-refractivity contribution in [1.82, 2.24) is 29.7 Å². The third-order valence-corrected chi connectivity index (χ3v) is 4.18. The Morgan fingerprint density at radius 2 is 1.79 bits per heavy atom. The zero-order valence-corrected chi connectivity index (χ0v) is 12.6. The minimum absolute atomic E-state index is 0.454. The van der Waals surface area contributed by atoms with Gasteiger partial charge in [-0.3, -0.25) is 0 Å². The summed E-state index contributed by atoms with van der Waals surface area (Å²) < 4.78 is 1.22. The molecule has 24 heavy (non-hydrogen) atoms. The largest absolute Gasteiger partial charge is 0.350 e. The molecule has 0 atom stereocenters. The number of rotatable bonds is 2. The smallest absolute Gasteiger partial charge is 0.339 e. The van der Waals surface area contributed by atoms with Crippen molar-refractivity contribution < 1.29 is 4.79 Å². The van der Waals surface area contributed by atoms with Gasteiger partial charge in [-0.1, -0.05) is 12.2 Å². The normalized spacial score (nSPS) is 15.0. The second kappa shape index (κ2) is 5.34. The number of aromatic nitrogens is 6. The average molecular weight is 319 g/mol. The Labute approximate surface area is 137 Å². The Bertz CT molecular complexity index is 879. The second-order valence-electron chi connectivity index (χ2n) is 5.47. The number of hydrogen-bond donors (Lipinski definition) is 1. The molecule has 0 unspecified atom stereocenters. The van der Waals surface area contributed by atoms with E-state index >= 15 is 0 Å². The Morgan fingerprint density at radius 1 is 1.12 bits per heavy atom. The highest BCUT2D eigenvalue weighted by Crippen LogP contribution is 2.39. The van der Waals surface area contributed by atoms with Gasteiger partial charge in [-0.25, -0.2) is 24.7 Å². The van der Waals surface area contributed by atoms with E-state index in [-0.39, 0.29) is 0 Å². The van der Waals surface area contributed by atoms with Crippen molar-refractivity contribution in [2.45, 2.75) is 11.8 Å². The number of nitrogens with two attached hydrogens (primary N) is 1. The molecule has 118 valence electrons. The maximum Gasteiger partial charge on any atom is 0.339 e. The summed E-state index contributed by atoms with van der Waals surface area (Å²) in [6, 6.07) is 3.05. The molecule has 0 fully saturated rings. The summed E-state index contributed by atoms with van der Waals surface area (Å²) >= 11 is 0. The fourth-order valence-electron chi connectivity index (χ4n) is 3.04. The van der Waals surface area contributed by atoms with Crippen LogP contribution in [0.5, 0.6) is 0 Å². The molecule has 0 aromatic carbocycles. The second-order valence-corrected chi connectivity index (χ2v) is 5.47. The van der Waals surface area contributed by atoms with Crippen molar-refractivity contribution in [1.29, 1.82) is 0 Å². The molecule has 0 radical (unpaired) electrons. The van der Waals surface area contributed by atoms with Gasteiger partial charge in [0.2, 0.25) is 0 Å². The lowest BCUT2D eigenvalue weighted by Crippen LogP contribution is -2.35. The molecule has 1 aliphatic rings. The quantitative estimate of drug-likeness (QED) is 0.752. The Balaban J connectivity index is 1.93. The fraction of sp³-hybridized carbons (Fsp3) is 0.125. The van der Waals surface area contributed by atoms with E-state index in [4.69, 9.17) is 5.73 Å². The standard InChI is InChI=1S/C16H13N7O/c17-15(24)23-12-7-16(4-1-11(12)8-22-23,13-2-5-18-9-20-13)14-3-6-19-10-21-14/h1-6,8-10H,7H2,(H2,17,24). The number of nitrogens with zero attached hydrogens (tertiary/aromatic N) is 6. The molecular weight excluding hydrogens is 306 g/mol. The van der Waals surface area contributed by atoms with Crippen LogP contribution in [0.15, 0.2) is 49.5 Å². The number of carbonyl (C=O) groups excluding carboxylic acids is 1. The lowest BCUT2D eigenvalue weighted by Gasteiger charge is -2.32. The van der Waals surface area contributed by atoms with Crippen LogP contribution in [0, 0.1) is 0 Å². The molecule has 2 N–H and O–H groups in total. The van der Waals surface area contributed by atoms with E-state index in [0.717, 1.165) is 22.6 Å². The molecular formula is C16H13N7O. The van der Waals surface area contributed by atoms with E-state index in [1.807, 2.05) is 24.3 Å². The molecule has 0 spiro atoms. The first-order valence-corrected chi connectivity index (χ1v) is 7.30. The van der Waals surface area contributed by atoms with Crippen LogP contribution in [-0.2, 0) is 11.8 Å². The Morgan fingerprint density at radius 3 is 2.33 bits per heavy atom. The summed E-state index contributed by atoms with van der Waals surface area (Å²) in [5.41, 5.74) is 7.91. The summed E-state index contributed by atoms with van der Waals surface area (Å²) in [5, 5.41) is 4.08. The molecule has 0 saturated heterocycles. The van der Waals surface area contributed by atoms with Gasteiger partial charge in [0.15, 0.2) is 0 Å². The van der Waals surface area contributed by atoms with Crippen molar-refractivity contribution in [3.63, 3.8) is 0 Å². The first kappa shape index (κ1) is 14.2. The van der Waals surface area contributed by atoms with Gasteiger partial charge < -0.3 is 5.73 Å². The number of allylic oxidation sites excluding steroid dienone is 1.